The molecule has 0 saturated carbocycles. The van der Waals surface area contributed by atoms with E-state index in [2.05, 4.69) is 9.80 Å². The third kappa shape index (κ3) is 7.81. The van der Waals surface area contributed by atoms with Crippen molar-refractivity contribution < 1.29 is 23.8 Å². The summed E-state index contributed by atoms with van der Waals surface area (Å²) in [6.07, 6.45) is -0.920. The third-order valence-electron chi connectivity index (χ3n) is 7.42. The molecule has 0 bridgehead atoms. The Labute approximate surface area is 259 Å². The monoisotopic (exact) mass is 619 g/mol. The molecule has 3 aromatic carbocycles. The van der Waals surface area contributed by atoms with Gasteiger partial charge in [0.05, 0.1) is 5.69 Å². The van der Waals surface area contributed by atoms with Gasteiger partial charge in [0, 0.05) is 65.1 Å². The molecule has 10 heteroatoms. The summed E-state index contributed by atoms with van der Waals surface area (Å²) in [7, 11) is 0. The summed E-state index contributed by atoms with van der Waals surface area (Å²) in [5, 5.41) is 10.0. The number of rotatable bonds is 11. The highest BCUT2D eigenvalue weighted by Crippen LogP contribution is 2.35. The summed E-state index contributed by atoms with van der Waals surface area (Å²) in [5.74, 6) is 0.0790. The Morgan fingerprint density at radius 2 is 1.74 bits per heavy atom. The van der Waals surface area contributed by atoms with Crippen LogP contribution in [0.3, 0.4) is 0 Å². The molecule has 0 amide bonds. The molecule has 1 aromatic heterocycles. The summed E-state index contributed by atoms with van der Waals surface area (Å²) in [4.78, 5) is 34.8. The normalized spacial score (nSPS) is 14.5. The second kappa shape index (κ2) is 13.7. The number of benzene rings is 3. The van der Waals surface area contributed by atoms with Gasteiger partial charge in [-0.2, -0.15) is 0 Å². The number of halogens is 1. The predicted molar refractivity (Wildman–Crippen MR) is 170 cm³/mol. The van der Waals surface area contributed by atoms with Gasteiger partial charge in [0.1, 0.15) is 16.6 Å². The van der Waals surface area contributed by atoms with E-state index in [0.29, 0.717) is 5.75 Å². The lowest BCUT2D eigenvalue weighted by Gasteiger charge is -2.36. The van der Waals surface area contributed by atoms with Gasteiger partial charge in [-0.3, -0.25) is 9.69 Å². The molecule has 1 unspecified atom stereocenters. The zero-order valence-electron chi connectivity index (χ0n) is 24.4. The Balaban J connectivity index is 1.28. The number of carbonyl (C=O) groups is 2. The molecule has 1 aliphatic heterocycles. The van der Waals surface area contributed by atoms with Crippen LogP contribution in [0.4, 0.5) is 10.1 Å². The number of aromatic nitrogens is 1. The van der Waals surface area contributed by atoms with Crippen LogP contribution in [0.25, 0.3) is 10.6 Å². The average molecular weight is 620 g/mol. The molecule has 0 spiro atoms. The van der Waals surface area contributed by atoms with E-state index in [-0.39, 0.29) is 11.6 Å². The van der Waals surface area contributed by atoms with Crippen LogP contribution < -0.4 is 9.64 Å². The average Bonchev–Trinajstić information content (AvgIpc) is 3.40. The Morgan fingerprint density at radius 3 is 2.37 bits per heavy atom. The number of piperazine rings is 1. The highest BCUT2D eigenvalue weighted by atomic mass is 32.2. The van der Waals surface area contributed by atoms with Gasteiger partial charge in [-0.05, 0) is 93.1 Å². The van der Waals surface area contributed by atoms with Crippen LogP contribution in [0, 0.1) is 12.7 Å². The molecule has 4 aromatic rings. The first-order valence-corrected chi connectivity index (χ1v) is 15.9. The maximum Gasteiger partial charge on any atom is 0.344 e. The maximum absolute atomic E-state index is 13.6. The lowest BCUT2D eigenvalue weighted by Crippen LogP contribution is -2.46. The minimum Gasteiger partial charge on any atom is -0.479 e. The first kappa shape index (κ1) is 30.7. The number of aliphatic carboxylic acids is 1. The topological polar surface area (TPSA) is 83.0 Å². The number of thiazole rings is 1. The van der Waals surface area contributed by atoms with Gasteiger partial charge in [0.25, 0.3) is 0 Å². The smallest absolute Gasteiger partial charge is 0.344 e. The molecule has 0 aliphatic carbocycles. The van der Waals surface area contributed by atoms with Gasteiger partial charge >= 0.3 is 5.97 Å². The van der Waals surface area contributed by atoms with Crippen molar-refractivity contribution in [2.45, 2.75) is 44.1 Å². The third-order valence-corrected chi connectivity index (χ3v) is 9.77. The van der Waals surface area contributed by atoms with E-state index < -0.39 is 12.1 Å². The molecule has 0 radical (unpaired) electrons. The maximum atomic E-state index is 13.6. The van der Waals surface area contributed by atoms with Crippen LogP contribution in [0.15, 0.2) is 71.6 Å². The number of carbonyl (C=O) groups excluding carboxylic acids is 1. The largest absolute Gasteiger partial charge is 0.479 e. The molecule has 1 aliphatic rings. The van der Waals surface area contributed by atoms with E-state index in [1.165, 1.54) is 23.9 Å². The number of carboxylic acids is 1. The van der Waals surface area contributed by atoms with Gasteiger partial charge in [-0.1, -0.05) is 0 Å². The van der Waals surface area contributed by atoms with Crippen molar-refractivity contribution in [2.75, 3.05) is 31.1 Å². The molecule has 1 fully saturated rings. The van der Waals surface area contributed by atoms with Gasteiger partial charge in [0.15, 0.2) is 11.9 Å². The number of carboxylic acid groups (broad SMARTS) is 1. The standard InChI is InChI=1S/C33H34FN3O4S2/c1-21-18-28(12-13-30(21)41-23(3)33(39)40)42-20-31-29(35-32(43-31)25-4-8-26(34)9-5-25)19-36-14-16-37(17-15-36)27-10-6-24(7-11-27)22(2)38/h4-13,18,23H,14-17,19-20H2,1-3H3,(H,39,40). The second-order valence-electron chi connectivity index (χ2n) is 10.6. The van der Waals surface area contributed by atoms with Crippen LogP contribution in [0.5, 0.6) is 5.75 Å². The molecule has 2 heterocycles. The van der Waals surface area contributed by atoms with Crippen LogP contribution >= 0.6 is 23.1 Å². The lowest BCUT2D eigenvalue weighted by atomic mass is 10.1. The molecule has 1 saturated heterocycles. The SMILES string of the molecule is CC(=O)c1ccc(N2CCN(Cc3nc(-c4ccc(F)cc4)sc3CSc3ccc(OC(C)C(=O)O)c(C)c3)CC2)cc1. The van der Waals surface area contributed by atoms with Gasteiger partial charge in [-0.15, -0.1) is 23.1 Å². The number of hydrogen-bond acceptors (Lipinski definition) is 8. The quantitative estimate of drug-likeness (QED) is 0.143. The van der Waals surface area contributed by atoms with Crippen molar-refractivity contribution >= 4 is 40.5 Å². The number of Topliss-reactive ketones (excluding diaryl/α,β-unsaturated/α-hetero) is 1. The van der Waals surface area contributed by atoms with Crippen LogP contribution in [0.2, 0.25) is 0 Å². The fourth-order valence-electron chi connectivity index (χ4n) is 4.85. The van der Waals surface area contributed by atoms with Gasteiger partial charge in [-0.25, -0.2) is 14.2 Å². The molecule has 43 heavy (non-hydrogen) atoms. The number of nitrogens with zero attached hydrogens (tertiary/aromatic N) is 3. The van der Waals surface area contributed by atoms with Crippen molar-refractivity contribution in [3.05, 3.63) is 94.2 Å². The first-order valence-electron chi connectivity index (χ1n) is 14.1. The predicted octanol–water partition coefficient (Wildman–Crippen LogP) is 6.93. The van der Waals surface area contributed by atoms with E-state index >= 15 is 0 Å². The minimum absolute atomic E-state index is 0.0696. The Bertz CT molecular complexity index is 1580. The summed E-state index contributed by atoms with van der Waals surface area (Å²) >= 11 is 3.33. The summed E-state index contributed by atoms with van der Waals surface area (Å²) in [6, 6.07) is 20.1. The van der Waals surface area contributed by atoms with Crippen LogP contribution in [0.1, 0.15) is 40.3 Å². The number of anilines is 1. The zero-order valence-corrected chi connectivity index (χ0v) is 26.0. The van der Waals surface area contributed by atoms with Crippen LogP contribution in [-0.2, 0) is 17.1 Å². The fourth-order valence-corrected chi connectivity index (χ4v) is 7.02. The molecular formula is C33H34FN3O4S2. The molecule has 1 atom stereocenters. The summed E-state index contributed by atoms with van der Waals surface area (Å²) in [6.45, 7) is 9.28. The second-order valence-corrected chi connectivity index (χ2v) is 12.7. The molecule has 5 rings (SSSR count). The fraction of sp³-hybridized carbons (Fsp3) is 0.303. The van der Waals surface area contributed by atoms with Crippen molar-refractivity contribution in [1.82, 2.24) is 9.88 Å². The molecular weight excluding hydrogens is 586 g/mol. The number of aryl methyl sites for hydroxylation is 1. The summed E-state index contributed by atoms with van der Waals surface area (Å²) in [5.41, 5.74) is 4.65. The zero-order chi connectivity index (χ0) is 30.5. The number of thioether (sulfide) groups is 1. The Kier molecular flexibility index (Phi) is 9.79. The van der Waals surface area contributed by atoms with E-state index in [9.17, 15) is 14.0 Å². The minimum atomic E-state index is -1.00. The van der Waals surface area contributed by atoms with Crippen molar-refractivity contribution in [1.29, 1.82) is 0 Å². The van der Waals surface area contributed by atoms with Crippen LogP contribution in [-0.4, -0.2) is 59.0 Å². The van der Waals surface area contributed by atoms with Crippen molar-refractivity contribution in [2.24, 2.45) is 0 Å². The summed E-state index contributed by atoms with van der Waals surface area (Å²) < 4.78 is 19.2. The Morgan fingerprint density at radius 1 is 1.05 bits per heavy atom. The highest BCUT2D eigenvalue weighted by Gasteiger charge is 2.22. The number of ether oxygens (including phenoxy) is 1. The Hall–Kier alpha value is -3.73. The van der Waals surface area contributed by atoms with Crippen molar-refractivity contribution in [3.8, 4) is 16.3 Å². The molecule has 7 nitrogen and oxygen atoms in total. The van der Waals surface area contributed by atoms with E-state index in [1.54, 1.807) is 42.2 Å². The van der Waals surface area contributed by atoms with E-state index in [1.807, 2.05) is 49.4 Å². The molecule has 1 N–H and O–H groups in total. The number of ketones is 1. The van der Waals surface area contributed by atoms with Gasteiger partial charge in [0.2, 0.25) is 0 Å². The lowest BCUT2D eigenvalue weighted by molar-refractivity contribution is -0.144. The first-order chi connectivity index (χ1) is 20.7. The highest BCUT2D eigenvalue weighted by molar-refractivity contribution is 7.98. The van der Waals surface area contributed by atoms with Crippen molar-refractivity contribution in [3.63, 3.8) is 0 Å². The number of hydrogen-bond donors (Lipinski definition) is 1. The molecule has 224 valence electrons. The van der Waals surface area contributed by atoms with E-state index in [0.717, 1.165) is 76.5 Å². The van der Waals surface area contributed by atoms with E-state index in [4.69, 9.17) is 14.8 Å². The van der Waals surface area contributed by atoms with Gasteiger partial charge < -0.3 is 14.7 Å².